The Labute approximate surface area is 123 Å². The maximum Gasteiger partial charge on any atom is 0.269 e. The second kappa shape index (κ2) is 8.11. The van der Waals surface area contributed by atoms with Crippen LogP contribution in [0.25, 0.3) is 0 Å². The number of nitro groups is 1. The van der Waals surface area contributed by atoms with Gasteiger partial charge >= 0.3 is 0 Å². The normalized spacial score (nSPS) is 18.7. The summed E-state index contributed by atoms with van der Waals surface area (Å²) in [7, 11) is 0. The van der Waals surface area contributed by atoms with E-state index in [1.54, 1.807) is 12.1 Å². The van der Waals surface area contributed by atoms with Crippen LogP contribution in [0.15, 0.2) is 24.3 Å². The van der Waals surface area contributed by atoms with Crippen molar-refractivity contribution in [2.45, 2.75) is 24.5 Å². The van der Waals surface area contributed by atoms with Crippen molar-refractivity contribution in [2.75, 3.05) is 25.4 Å². The molecule has 110 valence electrons. The molecule has 6 heteroatoms. The minimum Gasteiger partial charge on any atom is -0.492 e. The largest absolute Gasteiger partial charge is 0.492 e. The summed E-state index contributed by atoms with van der Waals surface area (Å²) in [6.07, 6.45) is 4.00. The smallest absolute Gasteiger partial charge is 0.269 e. The third-order valence-corrected chi connectivity index (χ3v) is 4.64. The quantitative estimate of drug-likeness (QED) is 0.476. The lowest BCUT2D eigenvalue weighted by Crippen LogP contribution is -2.29. The Hall–Kier alpha value is -1.27. The monoisotopic (exact) mass is 296 g/mol. The molecule has 0 bridgehead atoms. The van der Waals surface area contributed by atoms with E-state index in [0.717, 1.165) is 18.3 Å². The molecule has 0 aliphatic carbocycles. The van der Waals surface area contributed by atoms with Crippen LogP contribution in [0.1, 0.15) is 19.3 Å². The van der Waals surface area contributed by atoms with Crippen molar-refractivity contribution in [3.8, 4) is 5.75 Å². The van der Waals surface area contributed by atoms with Gasteiger partial charge in [-0.15, -0.1) is 0 Å². The van der Waals surface area contributed by atoms with Crippen LogP contribution in [0.2, 0.25) is 0 Å². The van der Waals surface area contributed by atoms with Crippen molar-refractivity contribution < 1.29 is 9.66 Å². The van der Waals surface area contributed by atoms with Gasteiger partial charge in [0, 0.05) is 30.5 Å². The van der Waals surface area contributed by atoms with Gasteiger partial charge in [-0.05, 0) is 30.7 Å². The lowest BCUT2D eigenvalue weighted by Gasteiger charge is -2.21. The minimum atomic E-state index is -0.410. The molecule has 0 amide bonds. The summed E-state index contributed by atoms with van der Waals surface area (Å²) < 4.78 is 5.54. The van der Waals surface area contributed by atoms with Crippen LogP contribution < -0.4 is 10.1 Å². The van der Waals surface area contributed by atoms with Gasteiger partial charge in [-0.1, -0.05) is 6.42 Å². The van der Waals surface area contributed by atoms with Crippen molar-refractivity contribution in [3.63, 3.8) is 0 Å². The van der Waals surface area contributed by atoms with Gasteiger partial charge in [-0.25, -0.2) is 0 Å². The van der Waals surface area contributed by atoms with Crippen molar-refractivity contribution in [2.24, 2.45) is 0 Å². The number of benzene rings is 1. The zero-order chi connectivity index (χ0) is 14.2. The predicted molar refractivity (Wildman–Crippen MR) is 81.6 cm³/mol. The maximum atomic E-state index is 10.5. The SMILES string of the molecule is O=[N+]([O-])c1ccc(OCCNCC2CCCCS2)cc1. The third kappa shape index (κ3) is 5.02. The zero-order valence-corrected chi connectivity index (χ0v) is 12.2. The van der Waals surface area contributed by atoms with E-state index in [1.165, 1.54) is 37.1 Å². The number of ether oxygens (including phenoxy) is 1. The third-order valence-electron chi connectivity index (χ3n) is 3.24. The molecule has 5 nitrogen and oxygen atoms in total. The number of rotatable bonds is 7. The van der Waals surface area contributed by atoms with Crippen LogP contribution in [0, 0.1) is 10.1 Å². The summed E-state index contributed by atoms with van der Waals surface area (Å²) in [6.45, 7) is 2.41. The molecule has 20 heavy (non-hydrogen) atoms. The van der Waals surface area contributed by atoms with Crippen molar-refractivity contribution in [1.82, 2.24) is 5.32 Å². The fourth-order valence-corrected chi connectivity index (χ4v) is 3.41. The number of nitro benzene ring substituents is 1. The van der Waals surface area contributed by atoms with Gasteiger partial charge in [0.15, 0.2) is 0 Å². The number of hydrogen-bond donors (Lipinski definition) is 1. The van der Waals surface area contributed by atoms with Crippen LogP contribution >= 0.6 is 11.8 Å². The average molecular weight is 296 g/mol. The molecule has 1 atom stereocenters. The summed E-state index contributed by atoms with van der Waals surface area (Å²) in [6, 6.07) is 6.19. The molecule has 2 rings (SSSR count). The molecule has 1 aliphatic heterocycles. The van der Waals surface area contributed by atoms with Crippen LogP contribution in [0.5, 0.6) is 5.75 Å². The molecule has 0 radical (unpaired) electrons. The molecule has 0 spiro atoms. The summed E-state index contributed by atoms with van der Waals surface area (Å²) >= 11 is 2.05. The summed E-state index contributed by atoms with van der Waals surface area (Å²) in [4.78, 5) is 10.1. The van der Waals surface area contributed by atoms with Gasteiger partial charge in [-0.3, -0.25) is 10.1 Å². The molecule has 1 aromatic carbocycles. The lowest BCUT2D eigenvalue weighted by atomic mass is 10.2. The van der Waals surface area contributed by atoms with Crippen molar-refractivity contribution in [1.29, 1.82) is 0 Å². The maximum absolute atomic E-state index is 10.5. The van der Waals surface area contributed by atoms with Crippen molar-refractivity contribution in [3.05, 3.63) is 34.4 Å². The van der Waals surface area contributed by atoms with Crippen LogP contribution in [-0.2, 0) is 0 Å². The number of nitrogens with one attached hydrogen (secondary N) is 1. The highest BCUT2D eigenvalue weighted by Gasteiger charge is 2.12. The number of hydrogen-bond acceptors (Lipinski definition) is 5. The number of nitrogens with zero attached hydrogens (tertiary/aromatic N) is 1. The van der Waals surface area contributed by atoms with Crippen molar-refractivity contribution >= 4 is 17.4 Å². The molecule has 1 fully saturated rings. The Bertz CT molecular complexity index is 419. The summed E-state index contributed by atoms with van der Waals surface area (Å²) in [5.74, 6) is 1.95. The highest BCUT2D eigenvalue weighted by Crippen LogP contribution is 2.24. The fourth-order valence-electron chi connectivity index (χ4n) is 2.14. The Morgan fingerprint density at radius 1 is 1.35 bits per heavy atom. The predicted octanol–water partition coefficient (Wildman–Crippen LogP) is 2.85. The van der Waals surface area contributed by atoms with Gasteiger partial charge in [0.1, 0.15) is 12.4 Å². The van der Waals surface area contributed by atoms with E-state index in [-0.39, 0.29) is 5.69 Å². The Morgan fingerprint density at radius 3 is 2.80 bits per heavy atom. The van der Waals surface area contributed by atoms with Crippen LogP contribution in [0.3, 0.4) is 0 Å². The van der Waals surface area contributed by atoms with Gasteiger partial charge in [0.05, 0.1) is 4.92 Å². The lowest BCUT2D eigenvalue weighted by molar-refractivity contribution is -0.384. The highest BCUT2D eigenvalue weighted by molar-refractivity contribution is 7.99. The number of thioether (sulfide) groups is 1. The van der Waals surface area contributed by atoms with E-state index in [4.69, 9.17) is 4.74 Å². The van der Waals surface area contributed by atoms with E-state index >= 15 is 0 Å². The average Bonchev–Trinajstić information content (AvgIpc) is 2.48. The molecule has 1 heterocycles. The first kappa shape index (κ1) is 15.1. The van der Waals surface area contributed by atoms with Crippen LogP contribution in [-0.4, -0.2) is 35.6 Å². The number of non-ortho nitro benzene ring substituents is 1. The first-order chi connectivity index (χ1) is 9.75. The molecular weight excluding hydrogens is 276 g/mol. The first-order valence-corrected chi connectivity index (χ1v) is 8.00. The first-order valence-electron chi connectivity index (χ1n) is 6.95. The molecule has 0 saturated carbocycles. The molecule has 0 aromatic heterocycles. The van der Waals surface area contributed by atoms with Crippen LogP contribution in [0.4, 0.5) is 5.69 Å². The molecule has 1 unspecified atom stereocenters. The standard InChI is InChI=1S/C14H20N2O3S/c17-16(18)12-4-6-13(7-5-12)19-9-8-15-11-14-3-1-2-10-20-14/h4-7,14-15H,1-3,8-11H2. The second-order valence-corrected chi connectivity index (χ2v) is 6.20. The molecular formula is C14H20N2O3S. The van der Waals surface area contributed by atoms with Gasteiger partial charge < -0.3 is 10.1 Å². The summed E-state index contributed by atoms with van der Waals surface area (Å²) in [5, 5.41) is 14.7. The molecule has 1 aliphatic rings. The van der Waals surface area contributed by atoms with Gasteiger partial charge in [0.25, 0.3) is 5.69 Å². The van der Waals surface area contributed by atoms with E-state index in [1.807, 2.05) is 0 Å². The van der Waals surface area contributed by atoms with E-state index in [0.29, 0.717) is 12.4 Å². The molecule has 1 aromatic rings. The van der Waals surface area contributed by atoms with Gasteiger partial charge in [0.2, 0.25) is 0 Å². The van der Waals surface area contributed by atoms with E-state index < -0.39 is 4.92 Å². The topological polar surface area (TPSA) is 64.4 Å². The second-order valence-electron chi connectivity index (χ2n) is 4.79. The Morgan fingerprint density at radius 2 is 2.15 bits per heavy atom. The fraction of sp³-hybridized carbons (Fsp3) is 0.571. The van der Waals surface area contributed by atoms with Gasteiger partial charge in [-0.2, -0.15) is 11.8 Å². The summed E-state index contributed by atoms with van der Waals surface area (Å²) in [5.41, 5.74) is 0.0878. The Balaban J connectivity index is 1.59. The van der Waals surface area contributed by atoms with E-state index in [2.05, 4.69) is 17.1 Å². The molecule has 1 N–H and O–H groups in total. The minimum absolute atomic E-state index is 0.0878. The molecule has 1 saturated heterocycles. The van der Waals surface area contributed by atoms with E-state index in [9.17, 15) is 10.1 Å². The highest BCUT2D eigenvalue weighted by atomic mass is 32.2. The zero-order valence-electron chi connectivity index (χ0n) is 11.4. The Kier molecular flexibility index (Phi) is 6.14.